The quantitative estimate of drug-likeness (QED) is 0.421. The van der Waals surface area contributed by atoms with Crippen molar-refractivity contribution >= 4 is 11.9 Å². The van der Waals surface area contributed by atoms with E-state index in [4.69, 9.17) is 19.7 Å². The standard InChI is InChI=1S/C14H19NO3.C10H12O3.C4H9NO/c1-2-11-3-5-13(6-4-11)18-10-14(17)15-8-7-12(16)9-15;1-2-8-3-5-9(6-4-8)13-7-10(11)12;6-4-1-2-5-3-4/h3-6,12,16H,2,7-10H2,1H3;3-6H,2,7H2,1H3,(H,11,12);4-6H,1-3H2/t12-;;4-/m1.1/s1. The Balaban J connectivity index is 0.000000220. The number of aliphatic carboxylic acids is 1. The molecule has 2 aliphatic rings. The number of nitrogens with zero attached hydrogens (tertiary/aromatic N) is 1. The second kappa shape index (κ2) is 16.6. The van der Waals surface area contributed by atoms with E-state index in [0.29, 0.717) is 31.0 Å². The second-order valence-corrected chi connectivity index (χ2v) is 8.89. The predicted molar refractivity (Wildman–Crippen MR) is 141 cm³/mol. The Morgan fingerprint density at radius 3 is 1.76 bits per heavy atom. The molecule has 0 aromatic heterocycles. The monoisotopic (exact) mass is 516 g/mol. The van der Waals surface area contributed by atoms with Gasteiger partial charge in [-0.3, -0.25) is 4.79 Å². The average molecular weight is 517 g/mol. The van der Waals surface area contributed by atoms with Crippen molar-refractivity contribution < 1.29 is 34.4 Å². The van der Waals surface area contributed by atoms with Crippen LogP contribution in [-0.2, 0) is 22.4 Å². The van der Waals surface area contributed by atoms with Crippen LogP contribution in [0.1, 0.15) is 37.8 Å². The lowest BCUT2D eigenvalue weighted by Crippen LogP contribution is -2.33. The smallest absolute Gasteiger partial charge is 0.341 e. The average Bonchev–Trinajstić information content (AvgIpc) is 3.58. The summed E-state index contributed by atoms with van der Waals surface area (Å²) in [7, 11) is 0. The Morgan fingerprint density at radius 1 is 0.865 bits per heavy atom. The maximum absolute atomic E-state index is 11.8. The van der Waals surface area contributed by atoms with Gasteiger partial charge in [0.15, 0.2) is 13.2 Å². The van der Waals surface area contributed by atoms with E-state index in [9.17, 15) is 14.7 Å². The molecule has 2 heterocycles. The number of carboxylic acid groups (broad SMARTS) is 1. The number of aryl methyl sites for hydroxylation is 2. The molecule has 9 nitrogen and oxygen atoms in total. The van der Waals surface area contributed by atoms with Crippen molar-refractivity contribution in [3.8, 4) is 11.5 Å². The number of carbonyl (C=O) groups excluding carboxylic acids is 1. The van der Waals surface area contributed by atoms with Crippen molar-refractivity contribution in [2.24, 2.45) is 0 Å². The molecule has 204 valence electrons. The number of aliphatic hydroxyl groups excluding tert-OH is 2. The Hall–Kier alpha value is -3.14. The highest BCUT2D eigenvalue weighted by atomic mass is 16.5. The minimum absolute atomic E-state index is 0.0399. The van der Waals surface area contributed by atoms with E-state index >= 15 is 0 Å². The third kappa shape index (κ3) is 12.1. The van der Waals surface area contributed by atoms with Gasteiger partial charge in [0.1, 0.15) is 11.5 Å². The zero-order valence-corrected chi connectivity index (χ0v) is 21.8. The summed E-state index contributed by atoms with van der Waals surface area (Å²) in [5.41, 5.74) is 2.46. The first kappa shape index (κ1) is 30.1. The molecule has 37 heavy (non-hydrogen) atoms. The SMILES string of the molecule is CCc1ccc(OCC(=O)N2CC[C@@H](O)C2)cc1.CCc1ccc(OCC(=O)O)cc1.O[C@@H]1CCNC1. The summed E-state index contributed by atoms with van der Waals surface area (Å²) in [5, 5.41) is 29.4. The fourth-order valence-corrected chi connectivity index (χ4v) is 3.63. The molecule has 0 bridgehead atoms. The van der Waals surface area contributed by atoms with Crippen LogP contribution in [-0.4, -0.2) is 83.7 Å². The Morgan fingerprint density at radius 2 is 1.41 bits per heavy atom. The predicted octanol–water partition coefficient (Wildman–Crippen LogP) is 2.27. The summed E-state index contributed by atoms with van der Waals surface area (Å²) in [4.78, 5) is 23.6. The van der Waals surface area contributed by atoms with Gasteiger partial charge in [0.25, 0.3) is 5.91 Å². The van der Waals surface area contributed by atoms with Crippen LogP contribution in [0.4, 0.5) is 0 Å². The minimum atomic E-state index is -0.959. The van der Waals surface area contributed by atoms with Gasteiger partial charge in [0.05, 0.1) is 12.2 Å². The van der Waals surface area contributed by atoms with Crippen LogP contribution in [0, 0.1) is 0 Å². The van der Waals surface area contributed by atoms with E-state index in [1.807, 2.05) is 36.4 Å². The van der Waals surface area contributed by atoms with Crippen LogP contribution in [0.5, 0.6) is 11.5 Å². The van der Waals surface area contributed by atoms with E-state index in [1.165, 1.54) is 11.1 Å². The molecule has 2 aromatic carbocycles. The van der Waals surface area contributed by atoms with Crippen molar-refractivity contribution in [1.82, 2.24) is 10.2 Å². The fourth-order valence-electron chi connectivity index (χ4n) is 3.63. The lowest BCUT2D eigenvalue weighted by Gasteiger charge is -2.15. The van der Waals surface area contributed by atoms with Crippen LogP contribution < -0.4 is 14.8 Å². The van der Waals surface area contributed by atoms with E-state index in [-0.39, 0.29) is 31.3 Å². The van der Waals surface area contributed by atoms with Gasteiger partial charge >= 0.3 is 5.97 Å². The van der Waals surface area contributed by atoms with E-state index in [1.54, 1.807) is 17.0 Å². The summed E-state index contributed by atoms with van der Waals surface area (Å²) >= 11 is 0. The van der Waals surface area contributed by atoms with Crippen LogP contribution in [0.2, 0.25) is 0 Å². The highest BCUT2D eigenvalue weighted by Gasteiger charge is 2.24. The molecule has 4 rings (SSSR count). The van der Waals surface area contributed by atoms with Gasteiger partial charge in [-0.15, -0.1) is 0 Å². The molecule has 0 radical (unpaired) electrons. The fraction of sp³-hybridized carbons (Fsp3) is 0.500. The molecule has 0 spiro atoms. The summed E-state index contributed by atoms with van der Waals surface area (Å²) in [5.74, 6) is 0.283. The number of rotatable bonds is 8. The molecule has 2 atom stereocenters. The van der Waals surface area contributed by atoms with Crippen molar-refractivity contribution in [2.45, 2.75) is 51.7 Å². The molecule has 2 saturated heterocycles. The molecule has 2 aromatic rings. The van der Waals surface area contributed by atoms with Gasteiger partial charge in [-0.25, -0.2) is 4.79 Å². The van der Waals surface area contributed by atoms with Crippen LogP contribution >= 0.6 is 0 Å². The third-order valence-electron chi connectivity index (χ3n) is 5.94. The van der Waals surface area contributed by atoms with Gasteiger partial charge < -0.3 is 35.0 Å². The summed E-state index contributed by atoms with van der Waals surface area (Å²) < 4.78 is 10.4. The number of likely N-dealkylation sites (tertiary alicyclic amines) is 1. The highest BCUT2D eigenvalue weighted by Crippen LogP contribution is 2.14. The Bertz CT molecular complexity index is 929. The molecule has 0 aliphatic carbocycles. The molecule has 0 unspecified atom stereocenters. The van der Waals surface area contributed by atoms with Gasteiger partial charge in [0.2, 0.25) is 0 Å². The van der Waals surface area contributed by atoms with Gasteiger partial charge in [-0.05, 0) is 67.6 Å². The van der Waals surface area contributed by atoms with Crippen molar-refractivity contribution in [3.63, 3.8) is 0 Å². The van der Waals surface area contributed by atoms with Gasteiger partial charge in [0, 0.05) is 19.6 Å². The highest BCUT2D eigenvalue weighted by molar-refractivity contribution is 5.78. The largest absolute Gasteiger partial charge is 0.484 e. The van der Waals surface area contributed by atoms with Crippen LogP contribution in [0.3, 0.4) is 0 Å². The number of benzene rings is 2. The zero-order valence-electron chi connectivity index (χ0n) is 21.8. The molecule has 2 aliphatic heterocycles. The first-order valence-corrected chi connectivity index (χ1v) is 12.8. The number of nitrogens with one attached hydrogen (secondary N) is 1. The number of aliphatic hydroxyl groups is 2. The number of carboxylic acids is 1. The number of ether oxygens (including phenoxy) is 2. The maximum Gasteiger partial charge on any atom is 0.341 e. The number of hydrogen-bond acceptors (Lipinski definition) is 7. The van der Waals surface area contributed by atoms with Gasteiger partial charge in [-0.2, -0.15) is 0 Å². The van der Waals surface area contributed by atoms with E-state index in [2.05, 4.69) is 19.2 Å². The summed E-state index contributed by atoms with van der Waals surface area (Å²) in [6, 6.07) is 15.2. The molecule has 4 N–H and O–H groups in total. The Kier molecular flexibility index (Phi) is 13.5. The Labute approximate surface area is 219 Å². The number of β-amino-alcohol motifs (C(OH)–C–C–N with tert-alkyl or cyclic N) is 2. The summed E-state index contributed by atoms with van der Waals surface area (Å²) in [6.07, 6.45) is 3.11. The first-order chi connectivity index (χ1) is 17.8. The molecule has 9 heteroatoms. The van der Waals surface area contributed by atoms with E-state index in [0.717, 1.165) is 32.4 Å². The molecule has 1 amide bonds. The first-order valence-electron chi connectivity index (χ1n) is 12.8. The van der Waals surface area contributed by atoms with Crippen molar-refractivity contribution in [3.05, 3.63) is 59.7 Å². The van der Waals surface area contributed by atoms with Crippen LogP contribution in [0.25, 0.3) is 0 Å². The second-order valence-electron chi connectivity index (χ2n) is 8.89. The lowest BCUT2D eigenvalue weighted by molar-refractivity contribution is -0.139. The third-order valence-corrected chi connectivity index (χ3v) is 5.94. The van der Waals surface area contributed by atoms with Gasteiger partial charge in [-0.1, -0.05) is 38.1 Å². The number of amides is 1. The normalized spacial score (nSPS) is 18.2. The minimum Gasteiger partial charge on any atom is -0.484 e. The number of hydrogen-bond donors (Lipinski definition) is 4. The molecular formula is C28H40N2O7. The van der Waals surface area contributed by atoms with E-state index < -0.39 is 5.97 Å². The van der Waals surface area contributed by atoms with Crippen molar-refractivity contribution in [1.29, 1.82) is 0 Å². The zero-order chi connectivity index (χ0) is 27.0. The molecule has 0 saturated carbocycles. The topological polar surface area (TPSA) is 129 Å². The molecule has 2 fully saturated rings. The van der Waals surface area contributed by atoms with Crippen LogP contribution in [0.15, 0.2) is 48.5 Å². The lowest BCUT2D eigenvalue weighted by atomic mass is 10.2. The molecular weight excluding hydrogens is 476 g/mol. The summed E-state index contributed by atoms with van der Waals surface area (Å²) in [6.45, 7) is 6.74. The number of carbonyl (C=O) groups is 2. The van der Waals surface area contributed by atoms with Crippen molar-refractivity contribution in [2.75, 3.05) is 39.4 Å². The maximum atomic E-state index is 11.8.